The van der Waals surface area contributed by atoms with Gasteiger partial charge in [-0.15, -0.1) is 0 Å². The largest absolute Gasteiger partial charge is 0.497 e. The van der Waals surface area contributed by atoms with Crippen LogP contribution in [-0.4, -0.2) is 24.9 Å². The van der Waals surface area contributed by atoms with Crippen molar-refractivity contribution in [2.75, 3.05) is 14.2 Å². The average molecular weight is 370 g/mol. The third-order valence-corrected chi connectivity index (χ3v) is 5.96. The number of nitrogens with one attached hydrogen (secondary N) is 1. The minimum atomic E-state index is -0.699. The highest BCUT2D eigenvalue weighted by atomic mass is 16.5. The molecule has 2 N–H and O–H groups in total. The van der Waals surface area contributed by atoms with Crippen LogP contribution in [0.1, 0.15) is 56.3 Å². The maximum atomic E-state index is 11.5. The molecular weight excluding hydrogens is 338 g/mol. The standard InChI is InChI=1S/C23H31NO3/c1-5-14-23(25)15-21(17-6-10-19(26-3)11-7-17)24-22(16(23)2)18-8-12-20(27-4)13-9-18/h6-13,16,21-22,24-25H,5,14-15H2,1-4H3/t16-,21-,22+,23-/m0/s1. The molecule has 0 radical (unpaired) electrons. The normalized spacial score (nSPS) is 28.0. The minimum absolute atomic E-state index is 0.0771. The molecule has 0 saturated carbocycles. The van der Waals surface area contributed by atoms with Crippen LogP contribution < -0.4 is 14.8 Å². The number of ether oxygens (including phenoxy) is 2. The molecule has 1 aliphatic rings. The number of hydrogen-bond acceptors (Lipinski definition) is 4. The van der Waals surface area contributed by atoms with Gasteiger partial charge in [0.1, 0.15) is 11.5 Å². The first-order valence-corrected chi connectivity index (χ1v) is 9.77. The first kappa shape index (κ1) is 19.7. The summed E-state index contributed by atoms with van der Waals surface area (Å²) >= 11 is 0. The Kier molecular flexibility index (Phi) is 6.08. The Bertz CT molecular complexity index is 728. The van der Waals surface area contributed by atoms with Gasteiger partial charge in [0.2, 0.25) is 0 Å². The lowest BCUT2D eigenvalue weighted by Crippen LogP contribution is -2.52. The van der Waals surface area contributed by atoms with Crippen LogP contribution in [0.4, 0.5) is 0 Å². The Hall–Kier alpha value is -2.04. The molecule has 3 rings (SSSR count). The van der Waals surface area contributed by atoms with Crippen molar-refractivity contribution in [3.8, 4) is 11.5 Å². The smallest absolute Gasteiger partial charge is 0.118 e. The monoisotopic (exact) mass is 369 g/mol. The second-order valence-corrected chi connectivity index (χ2v) is 7.59. The zero-order valence-corrected chi connectivity index (χ0v) is 16.7. The Morgan fingerprint density at radius 1 is 0.963 bits per heavy atom. The molecule has 4 nitrogen and oxygen atoms in total. The number of benzene rings is 2. The van der Waals surface area contributed by atoms with Crippen LogP contribution in [0.3, 0.4) is 0 Å². The third kappa shape index (κ3) is 4.12. The summed E-state index contributed by atoms with van der Waals surface area (Å²) in [4.78, 5) is 0. The van der Waals surface area contributed by atoms with Crippen LogP contribution in [0.15, 0.2) is 48.5 Å². The fraction of sp³-hybridized carbons (Fsp3) is 0.478. The van der Waals surface area contributed by atoms with E-state index in [0.29, 0.717) is 6.42 Å². The van der Waals surface area contributed by atoms with Crippen molar-refractivity contribution in [3.05, 3.63) is 59.7 Å². The van der Waals surface area contributed by atoms with Gasteiger partial charge in [0.15, 0.2) is 0 Å². The van der Waals surface area contributed by atoms with Gasteiger partial charge >= 0.3 is 0 Å². The van der Waals surface area contributed by atoms with E-state index in [4.69, 9.17) is 9.47 Å². The molecule has 2 aromatic carbocycles. The molecule has 1 heterocycles. The summed E-state index contributed by atoms with van der Waals surface area (Å²) in [5.41, 5.74) is 1.65. The SMILES string of the molecule is CCC[C@]1(O)C[C@@H](c2ccc(OC)cc2)N[C@@H](c2ccc(OC)cc2)[C@@H]1C. The number of rotatable bonds is 6. The number of methoxy groups -OCH3 is 2. The van der Waals surface area contributed by atoms with E-state index in [-0.39, 0.29) is 18.0 Å². The van der Waals surface area contributed by atoms with Crippen LogP contribution in [0, 0.1) is 5.92 Å². The third-order valence-electron chi connectivity index (χ3n) is 5.96. The fourth-order valence-electron chi connectivity index (χ4n) is 4.28. The Labute approximate surface area is 162 Å². The van der Waals surface area contributed by atoms with Gasteiger partial charge in [-0.2, -0.15) is 0 Å². The van der Waals surface area contributed by atoms with E-state index in [9.17, 15) is 5.11 Å². The summed E-state index contributed by atoms with van der Waals surface area (Å²) in [5.74, 6) is 1.80. The molecule has 1 fully saturated rings. The van der Waals surface area contributed by atoms with E-state index in [0.717, 1.165) is 24.3 Å². The van der Waals surface area contributed by atoms with Gasteiger partial charge < -0.3 is 19.9 Å². The Morgan fingerprint density at radius 2 is 1.48 bits per heavy atom. The molecule has 2 aromatic rings. The molecule has 0 unspecified atom stereocenters. The van der Waals surface area contributed by atoms with Crippen LogP contribution in [0.25, 0.3) is 0 Å². The van der Waals surface area contributed by atoms with Crippen LogP contribution in [0.5, 0.6) is 11.5 Å². The second-order valence-electron chi connectivity index (χ2n) is 7.59. The zero-order valence-electron chi connectivity index (χ0n) is 16.7. The topological polar surface area (TPSA) is 50.7 Å². The van der Waals surface area contributed by atoms with Gasteiger partial charge in [-0.05, 0) is 48.2 Å². The quantitative estimate of drug-likeness (QED) is 0.778. The molecule has 1 saturated heterocycles. The second kappa shape index (κ2) is 8.32. The van der Waals surface area contributed by atoms with Crippen molar-refractivity contribution in [3.63, 3.8) is 0 Å². The van der Waals surface area contributed by atoms with Crippen molar-refractivity contribution in [2.24, 2.45) is 5.92 Å². The lowest BCUT2D eigenvalue weighted by Gasteiger charge is -2.48. The van der Waals surface area contributed by atoms with E-state index in [1.807, 2.05) is 24.3 Å². The van der Waals surface area contributed by atoms with Gasteiger partial charge in [-0.3, -0.25) is 0 Å². The summed E-state index contributed by atoms with van der Waals surface area (Å²) in [6.45, 7) is 4.29. The first-order valence-electron chi connectivity index (χ1n) is 9.77. The maximum Gasteiger partial charge on any atom is 0.118 e. The van der Waals surface area contributed by atoms with Crippen molar-refractivity contribution in [1.29, 1.82) is 0 Å². The van der Waals surface area contributed by atoms with Gasteiger partial charge in [-0.1, -0.05) is 44.5 Å². The van der Waals surface area contributed by atoms with Crippen LogP contribution in [-0.2, 0) is 0 Å². The van der Waals surface area contributed by atoms with Crippen molar-refractivity contribution in [2.45, 2.75) is 50.8 Å². The summed E-state index contributed by atoms with van der Waals surface area (Å²) in [5, 5.41) is 15.3. The van der Waals surface area contributed by atoms with Crippen molar-refractivity contribution in [1.82, 2.24) is 5.32 Å². The van der Waals surface area contributed by atoms with E-state index in [1.165, 1.54) is 11.1 Å². The molecule has 146 valence electrons. The summed E-state index contributed by atoms with van der Waals surface area (Å²) < 4.78 is 10.6. The van der Waals surface area contributed by atoms with Crippen molar-refractivity contribution >= 4 is 0 Å². The first-order chi connectivity index (χ1) is 13.0. The molecule has 0 aromatic heterocycles. The molecule has 0 aliphatic carbocycles. The highest BCUT2D eigenvalue weighted by Gasteiger charge is 2.45. The van der Waals surface area contributed by atoms with Gasteiger partial charge in [-0.25, -0.2) is 0 Å². The van der Waals surface area contributed by atoms with E-state index in [1.54, 1.807) is 14.2 Å². The number of aliphatic hydroxyl groups is 1. The van der Waals surface area contributed by atoms with E-state index < -0.39 is 5.60 Å². The fourth-order valence-corrected chi connectivity index (χ4v) is 4.28. The van der Waals surface area contributed by atoms with E-state index >= 15 is 0 Å². The number of hydrogen-bond donors (Lipinski definition) is 2. The predicted molar refractivity (Wildman–Crippen MR) is 108 cm³/mol. The lowest BCUT2D eigenvalue weighted by molar-refractivity contribution is -0.0743. The minimum Gasteiger partial charge on any atom is -0.497 e. The molecule has 0 spiro atoms. The predicted octanol–water partition coefficient (Wildman–Crippen LogP) is 4.65. The summed E-state index contributed by atoms with van der Waals surface area (Å²) in [6, 6.07) is 16.5. The molecule has 0 bridgehead atoms. The zero-order chi connectivity index (χ0) is 19.4. The molecule has 1 aliphatic heterocycles. The van der Waals surface area contributed by atoms with Crippen molar-refractivity contribution < 1.29 is 14.6 Å². The number of piperidine rings is 1. The van der Waals surface area contributed by atoms with Gasteiger partial charge in [0.25, 0.3) is 0 Å². The maximum absolute atomic E-state index is 11.5. The van der Waals surface area contributed by atoms with Gasteiger partial charge in [0.05, 0.1) is 19.8 Å². The Balaban J connectivity index is 1.93. The molecular formula is C23H31NO3. The lowest BCUT2D eigenvalue weighted by atomic mass is 9.70. The Morgan fingerprint density at radius 3 is 1.96 bits per heavy atom. The van der Waals surface area contributed by atoms with Crippen LogP contribution >= 0.6 is 0 Å². The van der Waals surface area contributed by atoms with Crippen LogP contribution in [0.2, 0.25) is 0 Å². The van der Waals surface area contributed by atoms with E-state index in [2.05, 4.69) is 43.4 Å². The highest BCUT2D eigenvalue weighted by molar-refractivity contribution is 5.33. The average Bonchev–Trinajstić information content (AvgIpc) is 2.70. The molecule has 0 amide bonds. The molecule has 27 heavy (non-hydrogen) atoms. The summed E-state index contributed by atoms with van der Waals surface area (Å²) in [6.07, 6.45) is 2.47. The highest BCUT2D eigenvalue weighted by Crippen LogP contribution is 2.45. The molecule has 4 heteroatoms. The van der Waals surface area contributed by atoms with Gasteiger partial charge in [0, 0.05) is 18.0 Å². The summed E-state index contributed by atoms with van der Waals surface area (Å²) in [7, 11) is 3.35. The molecule has 4 atom stereocenters.